The van der Waals surface area contributed by atoms with Gasteiger partial charge in [0.15, 0.2) is 40.3 Å². The van der Waals surface area contributed by atoms with Crippen LogP contribution in [0.25, 0.3) is 27.0 Å². The zero-order chi connectivity index (χ0) is 57.2. The number of H-pyrrole nitrogens is 1. The quantitative estimate of drug-likeness (QED) is 0.0458. The molecular weight excluding hydrogens is 1130 g/mol. The lowest BCUT2D eigenvalue weighted by atomic mass is 10.1. The molecule has 4 aliphatic heterocycles. The van der Waals surface area contributed by atoms with E-state index in [1.807, 2.05) is 42.1 Å². The number of carbonyl (C=O) groups excluding carboxylic acids is 2. The number of ether oxygens (including phenoxy) is 2. The van der Waals surface area contributed by atoms with Crippen molar-refractivity contribution >= 4 is 99.5 Å². The Balaban J connectivity index is 1.16. The number of rotatable bonds is 12. The van der Waals surface area contributed by atoms with Gasteiger partial charge >= 0.3 is 13.4 Å². The first-order chi connectivity index (χ1) is 37.0. The van der Waals surface area contributed by atoms with Gasteiger partial charge in [-0.2, -0.15) is 4.98 Å². The second kappa shape index (κ2) is 22.6. The molecule has 3 fully saturated rings. The van der Waals surface area contributed by atoms with Crippen molar-refractivity contribution in [3.63, 3.8) is 0 Å². The van der Waals surface area contributed by atoms with Crippen molar-refractivity contribution in [3.8, 4) is 0 Å². The third kappa shape index (κ3) is 12.2. The van der Waals surface area contributed by atoms with Crippen LogP contribution in [-0.2, 0) is 75.8 Å². The molecule has 2 amide bonds. The number of nitrogens with one attached hydrogen (secondary N) is 2. The number of aromatic amines is 1. The van der Waals surface area contributed by atoms with E-state index in [1.54, 1.807) is 30.9 Å². The topological polar surface area (TPSA) is 251 Å². The number of anilines is 2. The van der Waals surface area contributed by atoms with Crippen LogP contribution in [0.4, 0.5) is 11.8 Å². The molecule has 79 heavy (non-hydrogen) atoms. The summed E-state index contributed by atoms with van der Waals surface area (Å²) in [5, 5.41) is 2.63. The van der Waals surface area contributed by atoms with E-state index >= 15 is 0 Å². The molecule has 9 rings (SSSR count). The van der Waals surface area contributed by atoms with Crippen LogP contribution >= 0.6 is 13.4 Å². The van der Waals surface area contributed by atoms with Crippen molar-refractivity contribution in [1.82, 2.24) is 34.1 Å². The van der Waals surface area contributed by atoms with E-state index in [9.17, 15) is 19.3 Å². The minimum absolute atomic E-state index is 0.0227. The summed E-state index contributed by atoms with van der Waals surface area (Å²) >= 11 is 12.3. The molecule has 4 aromatic heterocycles. The van der Waals surface area contributed by atoms with Gasteiger partial charge in [0.25, 0.3) is 11.5 Å². The number of benzene rings is 1. The molecule has 0 aliphatic carbocycles. The minimum atomic E-state index is -4.34. The number of fused-ring (bicyclic) bond motifs is 4. The van der Waals surface area contributed by atoms with Crippen LogP contribution < -0.4 is 15.8 Å². The van der Waals surface area contributed by atoms with Crippen molar-refractivity contribution in [2.45, 2.75) is 154 Å². The number of aryl methyl sites for hydroxylation is 1. The van der Waals surface area contributed by atoms with Crippen molar-refractivity contribution in [3.05, 3.63) is 82.1 Å². The largest absolute Gasteiger partial charge is 0.408 e. The van der Waals surface area contributed by atoms with Crippen molar-refractivity contribution in [2.75, 3.05) is 43.1 Å². The van der Waals surface area contributed by atoms with E-state index in [4.69, 9.17) is 81.1 Å². The number of imidazole rings is 1. The summed E-state index contributed by atoms with van der Waals surface area (Å²) in [6, 6.07) is 9.05. The highest BCUT2D eigenvalue weighted by Gasteiger charge is 2.57. The first-order valence-electron chi connectivity index (χ1n) is 26.2. The zero-order valence-corrected chi connectivity index (χ0v) is 51.8. The molecule has 4 aliphatic rings. The van der Waals surface area contributed by atoms with E-state index in [-0.39, 0.29) is 58.8 Å². The molecule has 0 radical (unpaired) electrons. The first kappa shape index (κ1) is 59.6. The predicted molar refractivity (Wildman–Crippen MR) is 307 cm³/mol. The van der Waals surface area contributed by atoms with E-state index in [1.165, 1.54) is 17.2 Å². The maximum atomic E-state index is 14.2. The van der Waals surface area contributed by atoms with E-state index in [0.29, 0.717) is 41.8 Å². The summed E-state index contributed by atoms with van der Waals surface area (Å²) < 4.78 is 65.1. The Morgan fingerprint density at radius 1 is 0.911 bits per heavy atom. The summed E-state index contributed by atoms with van der Waals surface area (Å²) in [5.41, 5.74) is 1.19. The van der Waals surface area contributed by atoms with Gasteiger partial charge in [0.05, 0.1) is 24.9 Å². The summed E-state index contributed by atoms with van der Waals surface area (Å²) in [6.45, 7) is 22.8. The van der Waals surface area contributed by atoms with Crippen LogP contribution in [0.3, 0.4) is 0 Å². The van der Waals surface area contributed by atoms with Gasteiger partial charge in [0, 0.05) is 24.2 Å². The molecule has 2 bridgehead atoms. The summed E-state index contributed by atoms with van der Waals surface area (Å²) in [5.74, 6) is -0.693. The number of hydrogen-bond acceptors (Lipinski definition) is 18. The number of amides is 2. The van der Waals surface area contributed by atoms with Crippen LogP contribution in [0.2, 0.25) is 36.3 Å². The molecule has 0 saturated carbocycles. The Morgan fingerprint density at radius 2 is 1.58 bits per heavy atom. The Bertz CT molecular complexity index is 3310. The van der Waals surface area contributed by atoms with Gasteiger partial charge < -0.3 is 46.2 Å². The van der Waals surface area contributed by atoms with Crippen LogP contribution in [-0.4, -0.2) is 137 Å². The van der Waals surface area contributed by atoms with Crippen LogP contribution in [0, 0.1) is 12.5 Å². The molecule has 1 aromatic carbocycles. The molecule has 428 valence electrons. The lowest BCUT2D eigenvalue weighted by Gasteiger charge is -2.41. The molecule has 5 aromatic rings. The van der Waals surface area contributed by atoms with Gasteiger partial charge in [-0.3, -0.25) is 43.2 Å². The number of nitrogens with zero attached hydrogens (tertiary/aromatic N) is 8. The van der Waals surface area contributed by atoms with Crippen molar-refractivity contribution < 1.29 is 55.4 Å². The molecule has 8 heterocycles. The summed E-state index contributed by atoms with van der Waals surface area (Å²) in [6.07, 6.45) is -2.98. The lowest BCUT2D eigenvalue weighted by Crippen LogP contribution is -2.50. The normalized spacial score (nSPS) is 28.2. The predicted octanol–water partition coefficient (Wildman–Crippen LogP) is 8.52. The monoisotopic (exact) mass is 1200 g/mol. The molecule has 29 heteroatoms. The van der Waals surface area contributed by atoms with Crippen LogP contribution in [0.5, 0.6) is 0 Å². The molecule has 3 saturated heterocycles. The third-order valence-corrected chi connectivity index (χ3v) is 28.4. The zero-order valence-electron chi connectivity index (χ0n) is 46.4. The average Bonchev–Trinajstić information content (AvgIpc) is 4.31. The molecule has 2 unspecified atom stereocenters. The van der Waals surface area contributed by atoms with Gasteiger partial charge in [0.2, 0.25) is 18.4 Å². The molecule has 23 nitrogen and oxygen atoms in total. The standard InChI is InChI=1S/C50H70N10O13P2S2Si2/c1-29(2)43(61)56-48-55-42-35(44(62)57-48)54-28-60(42)46-38-37(72-78(10,11)49(3,4)5)33(69-46)25-66-74(64,76)70-36-32(26-67-75(77,71-38)65-23-21-51-9)68-47(39(36)73-79(12,13)50(6,7)8)59-24-31-20-17-22-58(40-34(31)41(59)53-27-52-40)45(63)30-18-15-14-16-19-30/h14-16,18-19,24,27-29,32-33,36-39,46-47H,17,20-23,25-26H2,1-8,10-13H3,(H,64,76)(H2,55,56,57,61,62)/t32-,33-,36-,37-,38-,39-,46-,47-,74?,75?/m1/s1. The number of carbonyl (C=O) groups is 2. The van der Waals surface area contributed by atoms with E-state index in [2.05, 4.69) is 79.8 Å². The minimum Gasteiger partial charge on any atom is -0.408 e. The lowest BCUT2D eigenvalue weighted by molar-refractivity contribution is -0.118. The first-order valence-corrected chi connectivity index (χ1v) is 37.2. The maximum Gasteiger partial charge on any atom is 0.328 e. The van der Waals surface area contributed by atoms with E-state index in [0.717, 1.165) is 5.56 Å². The molecule has 0 spiro atoms. The second-order valence-corrected chi connectivity index (χ2v) is 38.7. The number of hydrogen-bond donors (Lipinski definition) is 3. The van der Waals surface area contributed by atoms with Gasteiger partial charge in [-0.1, -0.05) is 73.6 Å². The Labute approximate surface area is 471 Å². The smallest absolute Gasteiger partial charge is 0.328 e. The van der Waals surface area contributed by atoms with Gasteiger partial charge in [-0.25, -0.2) is 21.5 Å². The second-order valence-electron chi connectivity index (χ2n) is 23.4. The molecular formula is C50H70N10O13P2S2Si2. The van der Waals surface area contributed by atoms with Crippen molar-refractivity contribution in [1.29, 1.82) is 0 Å². The highest BCUT2D eigenvalue weighted by Crippen LogP contribution is 2.58. The summed E-state index contributed by atoms with van der Waals surface area (Å²) in [4.78, 5) is 79.3. The molecule has 10 atom stereocenters. The molecule has 3 N–H and O–H groups in total. The highest BCUT2D eigenvalue weighted by atomic mass is 32.5. The van der Waals surface area contributed by atoms with Gasteiger partial charge in [-0.05, 0) is 90.4 Å². The Kier molecular flexibility index (Phi) is 17.0. The fraction of sp³-hybridized carbons (Fsp3) is 0.600. The fourth-order valence-corrected chi connectivity index (χ4v) is 15.4. The summed E-state index contributed by atoms with van der Waals surface area (Å²) in [7, 11) is -5.58. The third-order valence-electron chi connectivity index (χ3n) is 15.6. The van der Waals surface area contributed by atoms with Crippen LogP contribution in [0.15, 0.2) is 54.0 Å². The van der Waals surface area contributed by atoms with Crippen LogP contribution in [0.1, 0.15) is 90.2 Å². The fourth-order valence-electron chi connectivity index (χ4n) is 9.27. The Hall–Kier alpha value is -4.05. The SMILES string of the molecule is [C-]#[N+]CCOP1(=S)OC[C@H]2O[C@@H](n3cc4c5c(ncnc53)N(C(=O)c3ccccc3)CCC4)[C@H](O[Si](C)(C)C(C)(C)C)[C@@H]2OP(O)(=S)OC[C@H]2O[C@@H](n3cnc4c(=O)[nH]c(NC(=O)C(C)C)nc43)[C@H](O1)[C@@H]2O[Si](C)(C)C(C)(C)C. The maximum absolute atomic E-state index is 14.2. The van der Waals surface area contributed by atoms with Gasteiger partial charge in [0.1, 0.15) is 61.0 Å². The van der Waals surface area contributed by atoms with E-state index < -0.39 is 97.2 Å². The van der Waals surface area contributed by atoms with Gasteiger partial charge in [-0.15, -0.1) is 0 Å². The highest BCUT2D eigenvalue weighted by molar-refractivity contribution is 8.07. The van der Waals surface area contributed by atoms with Crippen molar-refractivity contribution in [2.24, 2.45) is 5.92 Å². The number of aromatic nitrogens is 7. The Morgan fingerprint density at radius 3 is 2.25 bits per heavy atom. The average molecular weight is 1200 g/mol.